The molecule has 0 amide bonds. The summed E-state index contributed by atoms with van der Waals surface area (Å²) < 4.78 is 0. The van der Waals surface area contributed by atoms with Gasteiger partial charge in [-0.05, 0) is 39.0 Å². The number of hydrogen-bond acceptors (Lipinski definition) is 2. The zero-order valence-electron chi connectivity index (χ0n) is 8.87. The van der Waals surface area contributed by atoms with Gasteiger partial charge in [0.05, 0.1) is 12.1 Å². The van der Waals surface area contributed by atoms with Crippen molar-refractivity contribution in [3.63, 3.8) is 0 Å². The number of rotatable bonds is 0. The molecule has 2 nitrogen and oxygen atoms in total. The Kier molecular flexibility index (Phi) is 2.60. The van der Waals surface area contributed by atoms with Gasteiger partial charge in [0, 0.05) is 12.1 Å². The summed E-state index contributed by atoms with van der Waals surface area (Å²) >= 11 is 0. The van der Waals surface area contributed by atoms with Gasteiger partial charge in [0.2, 0.25) is 0 Å². The fraction of sp³-hybridized carbons (Fsp3) is 0.750. The highest BCUT2D eigenvalue weighted by Crippen LogP contribution is 2.35. The fourth-order valence-electron chi connectivity index (χ4n) is 3.04. The smallest absolute Gasteiger partial charge is 0.0982 e. The molecule has 0 spiro atoms. The van der Waals surface area contributed by atoms with Gasteiger partial charge in [-0.1, -0.05) is 12.2 Å². The maximum absolute atomic E-state index is 9.10. The molecule has 0 aliphatic carbocycles. The van der Waals surface area contributed by atoms with E-state index >= 15 is 0 Å². The number of piperidine rings is 2. The van der Waals surface area contributed by atoms with E-state index < -0.39 is 0 Å². The molecule has 2 aliphatic heterocycles. The Morgan fingerprint density at radius 3 is 2.93 bits per heavy atom. The zero-order chi connectivity index (χ0) is 10.1. The third-order valence-corrected chi connectivity index (χ3v) is 3.56. The van der Waals surface area contributed by atoms with Crippen LogP contribution < -0.4 is 0 Å². The van der Waals surface area contributed by atoms with E-state index in [1.807, 2.05) is 0 Å². The van der Waals surface area contributed by atoms with Crippen molar-refractivity contribution in [2.45, 2.75) is 57.2 Å². The van der Waals surface area contributed by atoms with E-state index in [2.05, 4.69) is 24.5 Å². The Hall–Kier alpha value is -0.810. The van der Waals surface area contributed by atoms with E-state index in [0.29, 0.717) is 12.1 Å². The van der Waals surface area contributed by atoms with Crippen molar-refractivity contribution in [3.8, 4) is 6.07 Å². The van der Waals surface area contributed by atoms with Crippen molar-refractivity contribution in [2.75, 3.05) is 0 Å². The van der Waals surface area contributed by atoms with Crippen LogP contribution in [-0.4, -0.2) is 23.0 Å². The molecule has 3 atom stereocenters. The lowest BCUT2D eigenvalue weighted by Gasteiger charge is -2.47. The van der Waals surface area contributed by atoms with Crippen molar-refractivity contribution in [1.29, 1.82) is 5.26 Å². The zero-order valence-corrected chi connectivity index (χ0v) is 8.87. The molecular weight excluding hydrogens is 172 g/mol. The molecule has 2 heteroatoms. The molecule has 2 fully saturated rings. The van der Waals surface area contributed by atoms with Crippen LogP contribution in [0.15, 0.2) is 12.2 Å². The molecule has 2 aliphatic rings. The molecule has 0 aromatic carbocycles. The highest BCUT2D eigenvalue weighted by atomic mass is 15.2. The van der Waals surface area contributed by atoms with Gasteiger partial charge < -0.3 is 0 Å². The minimum absolute atomic E-state index is 0.164. The first-order valence-electron chi connectivity index (χ1n) is 5.56. The maximum atomic E-state index is 9.10. The summed E-state index contributed by atoms with van der Waals surface area (Å²) in [5, 5.41) is 9.10. The van der Waals surface area contributed by atoms with Crippen LogP contribution in [0, 0.1) is 11.3 Å². The molecule has 14 heavy (non-hydrogen) atoms. The first-order valence-corrected chi connectivity index (χ1v) is 5.56. The van der Waals surface area contributed by atoms with Gasteiger partial charge in [0.1, 0.15) is 0 Å². The summed E-state index contributed by atoms with van der Waals surface area (Å²) in [6.07, 6.45) is 5.71. The van der Waals surface area contributed by atoms with Crippen molar-refractivity contribution in [1.82, 2.24) is 4.90 Å². The Balaban J connectivity index is 2.17. The summed E-state index contributed by atoms with van der Waals surface area (Å²) in [6, 6.07) is 3.73. The topological polar surface area (TPSA) is 27.0 Å². The molecule has 0 N–H and O–H groups in total. The quantitative estimate of drug-likeness (QED) is 0.549. The number of nitriles is 1. The van der Waals surface area contributed by atoms with Gasteiger partial charge in [-0.15, -0.1) is 0 Å². The minimum atomic E-state index is 0.164. The number of hydrogen-bond donors (Lipinski definition) is 0. The molecule has 0 radical (unpaired) electrons. The Labute approximate surface area is 86.2 Å². The van der Waals surface area contributed by atoms with Crippen LogP contribution in [0.3, 0.4) is 0 Å². The first-order chi connectivity index (χ1) is 6.72. The lowest BCUT2D eigenvalue weighted by molar-refractivity contribution is 0.0523. The van der Waals surface area contributed by atoms with Crippen LogP contribution in [0.1, 0.15) is 39.0 Å². The molecule has 2 rings (SSSR count). The summed E-state index contributed by atoms with van der Waals surface area (Å²) in [5.74, 6) is 0. The van der Waals surface area contributed by atoms with E-state index in [4.69, 9.17) is 5.26 Å². The minimum Gasteiger partial charge on any atom is -0.282 e. The van der Waals surface area contributed by atoms with Crippen LogP contribution in [-0.2, 0) is 0 Å². The standard InChI is InChI=1S/C12H18N2/c1-9-6-10(2)14-11(7-9)4-3-5-12(14)8-13/h10-12H,1,3-7H2,2H3/t10-,11?,12?/m1/s1. The van der Waals surface area contributed by atoms with E-state index in [1.165, 1.54) is 18.4 Å². The maximum Gasteiger partial charge on any atom is 0.0982 e. The van der Waals surface area contributed by atoms with Gasteiger partial charge >= 0.3 is 0 Å². The van der Waals surface area contributed by atoms with Gasteiger partial charge in [-0.3, -0.25) is 4.90 Å². The van der Waals surface area contributed by atoms with E-state index in [9.17, 15) is 0 Å². The second-order valence-electron chi connectivity index (χ2n) is 4.68. The average Bonchev–Trinajstić information content (AvgIpc) is 2.16. The SMILES string of the molecule is C=C1CC2CCCC(C#N)N2[C@H](C)C1. The normalized spacial score (nSPS) is 38.9. The molecule has 2 unspecified atom stereocenters. The summed E-state index contributed by atoms with van der Waals surface area (Å²) in [5.41, 5.74) is 1.37. The van der Waals surface area contributed by atoms with Gasteiger partial charge in [0.15, 0.2) is 0 Å². The van der Waals surface area contributed by atoms with Crippen molar-refractivity contribution >= 4 is 0 Å². The molecule has 2 heterocycles. The number of nitrogens with zero attached hydrogens (tertiary/aromatic N) is 2. The largest absolute Gasteiger partial charge is 0.282 e. The predicted molar refractivity (Wildman–Crippen MR) is 56.7 cm³/mol. The molecule has 76 valence electrons. The Bertz CT molecular complexity index is 277. The Morgan fingerprint density at radius 1 is 1.43 bits per heavy atom. The Morgan fingerprint density at radius 2 is 2.21 bits per heavy atom. The van der Waals surface area contributed by atoms with Gasteiger partial charge in [-0.2, -0.15) is 5.26 Å². The third kappa shape index (κ3) is 1.57. The van der Waals surface area contributed by atoms with Crippen LogP contribution in [0.4, 0.5) is 0 Å². The molecule has 0 aromatic rings. The summed E-state index contributed by atoms with van der Waals surface area (Å²) in [7, 11) is 0. The van der Waals surface area contributed by atoms with Crippen molar-refractivity contribution < 1.29 is 0 Å². The first kappa shape index (κ1) is 9.73. The van der Waals surface area contributed by atoms with Crippen molar-refractivity contribution in [3.05, 3.63) is 12.2 Å². The van der Waals surface area contributed by atoms with E-state index in [-0.39, 0.29) is 6.04 Å². The van der Waals surface area contributed by atoms with E-state index in [0.717, 1.165) is 19.3 Å². The van der Waals surface area contributed by atoms with Gasteiger partial charge in [-0.25, -0.2) is 0 Å². The lowest BCUT2D eigenvalue weighted by Crippen LogP contribution is -2.53. The summed E-state index contributed by atoms with van der Waals surface area (Å²) in [4.78, 5) is 2.43. The molecule has 0 aromatic heterocycles. The second-order valence-corrected chi connectivity index (χ2v) is 4.68. The van der Waals surface area contributed by atoms with Gasteiger partial charge in [0.25, 0.3) is 0 Å². The summed E-state index contributed by atoms with van der Waals surface area (Å²) in [6.45, 7) is 6.33. The predicted octanol–water partition coefficient (Wildman–Crippen LogP) is 2.47. The highest BCUT2D eigenvalue weighted by molar-refractivity contribution is 5.11. The highest BCUT2D eigenvalue weighted by Gasteiger charge is 2.37. The molecule has 0 saturated carbocycles. The van der Waals surface area contributed by atoms with Crippen LogP contribution in [0.25, 0.3) is 0 Å². The van der Waals surface area contributed by atoms with E-state index in [1.54, 1.807) is 0 Å². The van der Waals surface area contributed by atoms with Crippen LogP contribution in [0.5, 0.6) is 0 Å². The third-order valence-electron chi connectivity index (χ3n) is 3.56. The van der Waals surface area contributed by atoms with Crippen LogP contribution >= 0.6 is 0 Å². The number of fused-ring (bicyclic) bond motifs is 1. The fourth-order valence-corrected chi connectivity index (χ4v) is 3.04. The average molecular weight is 190 g/mol. The second kappa shape index (κ2) is 3.74. The van der Waals surface area contributed by atoms with Crippen molar-refractivity contribution in [2.24, 2.45) is 0 Å². The molecule has 0 bridgehead atoms. The lowest BCUT2D eigenvalue weighted by atomic mass is 9.84. The monoisotopic (exact) mass is 190 g/mol. The molecular formula is C12H18N2. The van der Waals surface area contributed by atoms with Crippen LogP contribution in [0.2, 0.25) is 0 Å². The molecule has 2 saturated heterocycles.